The fourth-order valence-electron chi connectivity index (χ4n) is 1.59. The highest BCUT2D eigenvalue weighted by molar-refractivity contribution is 5.97. The Kier molecular flexibility index (Phi) is 3.03. The van der Waals surface area contributed by atoms with Crippen molar-refractivity contribution >= 4 is 16.8 Å². The molecule has 1 heterocycles. The van der Waals surface area contributed by atoms with Crippen LogP contribution < -0.4 is 5.32 Å². The molecule has 0 radical (unpaired) electrons. The molecule has 2 rings (SSSR count). The maximum atomic E-state index is 12.0. The van der Waals surface area contributed by atoms with Gasteiger partial charge in [-0.25, -0.2) is 0 Å². The quantitative estimate of drug-likeness (QED) is 0.816. The Bertz CT molecular complexity index is 638. The van der Waals surface area contributed by atoms with Crippen molar-refractivity contribution < 1.29 is 4.79 Å². The number of carbonyl (C=O) groups excluding carboxylic acids is 1. The van der Waals surface area contributed by atoms with Gasteiger partial charge in [0.05, 0.1) is 16.6 Å². The molecule has 0 aliphatic carbocycles. The molecule has 1 aromatic carbocycles. The Morgan fingerprint density at radius 1 is 1.39 bits per heavy atom. The van der Waals surface area contributed by atoms with E-state index in [0.29, 0.717) is 5.56 Å². The third-order valence-corrected chi connectivity index (χ3v) is 2.64. The number of rotatable bonds is 2. The zero-order valence-corrected chi connectivity index (χ0v) is 10.4. The monoisotopic (exact) mass is 238 g/mol. The molecule has 3 nitrogen and oxygen atoms in total. The minimum absolute atomic E-state index is 0.212. The number of hydrogen-bond acceptors (Lipinski definition) is 2. The van der Waals surface area contributed by atoms with Crippen LogP contribution in [0.4, 0.5) is 0 Å². The number of para-hydroxylation sites is 1. The van der Waals surface area contributed by atoms with Crippen molar-refractivity contribution in [2.75, 3.05) is 0 Å². The first-order chi connectivity index (χ1) is 8.52. The lowest BCUT2D eigenvalue weighted by molar-refractivity contribution is 0.0929. The van der Waals surface area contributed by atoms with Crippen molar-refractivity contribution in [2.45, 2.75) is 19.4 Å². The summed E-state index contributed by atoms with van der Waals surface area (Å²) in [7, 11) is 0. The number of amides is 1. The summed E-state index contributed by atoms with van der Waals surface area (Å²) in [6.07, 6.45) is 6.90. The minimum atomic E-state index is -0.664. The molecule has 0 aliphatic rings. The summed E-state index contributed by atoms with van der Waals surface area (Å²) in [6, 6.07) is 9.46. The highest BCUT2D eigenvalue weighted by Crippen LogP contribution is 2.13. The van der Waals surface area contributed by atoms with Gasteiger partial charge in [0.15, 0.2) is 0 Å². The molecule has 0 saturated heterocycles. The number of nitrogens with one attached hydrogen (secondary N) is 1. The van der Waals surface area contributed by atoms with Gasteiger partial charge in [-0.05, 0) is 26.0 Å². The molecular weight excluding hydrogens is 224 g/mol. The summed E-state index contributed by atoms with van der Waals surface area (Å²) in [6.45, 7) is 3.55. The fourth-order valence-corrected chi connectivity index (χ4v) is 1.59. The third kappa shape index (κ3) is 2.49. The van der Waals surface area contributed by atoms with Crippen LogP contribution in [0, 0.1) is 12.3 Å². The molecule has 90 valence electrons. The molecule has 0 bridgehead atoms. The maximum Gasteiger partial charge on any atom is 0.254 e. The van der Waals surface area contributed by atoms with E-state index in [-0.39, 0.29) is 5.91 Å². The van der Waals surface area contributed by atoms with Gasteiger partial charge in [0.25, 0.3) is 5.91 Å². The topological polar surface area (TPSA) is 42.0 Å². The van der Waals surface area contributed by atoms with Crippen molar-refractivity contribution in [3.8, 4) is 12.3 Å². The van der Waals surface area contributed by atoms with E-state index in [2.05, 4.69) is 16.2 Å². The van der Waals surface area contributed by atoms with Crippen LogP contribution in [0.25, 0.3) is 10.9 Å². The van der Waals surface area contributed by atoms with Gasteiger partial charge in [0, 0.05) is 11.6 Å². The highest BCUT2D eigenvalue weighted by atomic mass is 16.1. The molecule has 3 heteroatoms. The van der Waals surface area contributed by atoms with E-state index in [4.69, 9.17) is 6.42 Å². The Labute approximate surface area is 106 Å². The molecule has 0 spiro atoms. The summed E-state index contributed by atoms with van der Waals surface area (Å²) >= 11 is 0. The Morgan fingerprint density at radius 3 is 2.83 bits per heavy atom. The first-order valence-electron chi connectivity index (χ1n) is 5.67. The Hall–Kier alpha value is -2.34. The van der Waals surface area contributed by atoms with Crippen LogP contribution in [0.3, 0.4) is 0 Å². The van der Waals surface area contributed by atoms with E-state index >= 15 is 0 Å². The zero-order valence-electron chi connectivity index (χ0n) is 10.4. The molecule has 1 amide bonds. The number of pyridine rings is 1. The Morgan fingerprint density at radius 2 is 2.11 bits per heavy atom. The first-order valence-corrected chi connectivity index (χ1v) is 5.67. The van der Waals surface area contributed by atoms with E-state index in [9.17, 15) is 4.79 Å². The normalized spacial score (nSPS) is 10.9. The second-order valence-corrected chi connectivity index (χ2v) is 4.64. The van der Waals surface area contributed by atoms with Crippen LogP contribution in [-0.4, -0.2) is 16.4 Å². The predicted octanol–water partition coefficient (Wildman–Crippen LogP) is 2.38. The summed E-state index contributed by atoms with van der Waals surface area (Å²) < 4.78 is 0. The Balaban J connectivity index is 2.32. The molecule has 2 aromatic rings. The average Bonchev–Trinajstić information content (AvgIpc) is 2.37. The van der Waals surface area contributed by atoms with Crippen molar-refractivity contribution in [2.24, 2.45) is 0 Å². The van der Waals surface area contributed by atoms with Crippen molar-refractivity contribution in [3.63, 3.8) is 0 Å². The van der Waals surface area contributed by atoms with Crippen LogP contribution in [0.15, 0.2) is 36.5 Å². The number of carbonyl (C=O) groups is 1. The summed E-state index contributed by atoms with van der Waals surface area (Å²) in [4.78, 5) is 16.3. The van der Waals surface area contributed by atoms with E-state index in [1.54, 1.807) is 20.0 Å². The van der Waals surface area contributed by atoms with E-state index < -0.39 is 5.54 Å². The van der Waals surface area contributed by atoms with E-state index in [1.165, 1.54) is 0 Å². The summed E-state index contributed by atoms with van der Waals surface area (Å²) in [5.41, 5.74) is 0.713. The largest absolute Gasteiger partial charge is 0.336 e. The van der Waals surface area contributed by atoms with Crippen LogP contribution in [0.2, 0.25) is 0 Å². The van der Waals surface area contributed by atoms with Gasteiger partial charge in [-0.1, -0.05) is 24.1 Å². The molecule has 1 aromatic heterocycles. The molecule has 18 heavy (non-hydrogen) atoms. The minimum Gasteiger partial charge on any atom is -0.336 e. The number of benzene rings is 1. The fraction of sp³-hybridized carbons (Fsp3) is 0.200. The van der Waals surface area contributed by atoms with Crippen LogP contribution in [0.1, 0.15) is 24.2 Å². The van der Waals surface area contributed by atoms with Gasteiger partial charge in [-0.3, -0.25) is 9.78 Å². The molecule has 0 aliphatic heterocycles. The van der Waals surface area contributed by atoms with Gasteiger partial charge in [0.2, 0.25) is 0 Å². The smallest absolute Gasteiger partial charge is 0.254 e. The maximum absolute atomic E-state index is 12.0. The molecule has 0 unspecified atom stereocenters. The number of fused-ring (bicyclic) bond motifs is 1. The SMILES string of the molecule is C#CC(C)(C)NC(=O)c1cnc2ccccc2c1. The lowest BCUT2D eigenvalue weighted by atomic mass is 10.1. The van der Waals surface area contributed by atoms with Gasteiger partial charge in [0.1, 0.15) is 0 Å². The van der Waals surface area contributed by atoms with Gasteiger partial charge in [-0.2, -0.15) is 0 Å². The van der Waals surface area contributed by atoms with E-state index in [0.717, 1.165) is 10.9 Å². The van der Waals surface area contributed by atoms with Gasteiger partial charge >= 0.3 is 0 Å². The van der Waals surface area contributed by atoms with Gasteiger partial charge in [-0.15, -0.1) is 6.42 Å². The lowest BCUT2D eigenvalue weighted by Gasteiger charge is -2.19. The second kappa shape index (κ2) is 4.50. The number of terminal acetylenes is 1. The molecule has 0 saturated carbocycles. The second-order valence-electron chi connectivity index (χ2n) is 4.64. The zero-order chi connectivity index (χ0) is 13.2. The standard InChI is InChI=1S/C15H14N2O/c1-4-15(2,3)17-14(18)12-9-11-7-5-6-8-13(11)16-10-12/h1,5-10H,2-3H3,(H,17,18). The van der Waals surface area contributed by atoms with Crippen molar-refractivity contribution in [1.29, 1.82) is 0 Å². The van der Waals surface area contributed by atoms with Crippen molar-refractivity contribution in [3.05, 3.63) is 42.1 Å². The predicted molar refractivity (Wildman–Crippen MR) is 72.1 cm³/mol. The molecule has 0 atom stereocenters. The number of aromatic nitrogens is 1. The van der Waals surface area contributed by atoms with E-state index in [1.807, 2.05) is 30.3 Å². The number of hydrogen-bond donors (Lipinski definition) is 1. The van der Waals surface area contributed by atoms with Crippen LogP contribution >= 0.6 is 0 Å². The number of nitrogens with zero attached hydrogens (tertiary/aromatic N) is 1. The lowest BCUT2D eigenvalue weighted by Crippen LogP contribution is -2.42. The summed E-state index contributed by atoms with van der Waals surface area (Å²) in [5, 5.41) is 3.71. The third-order valence-electron chi connectivity index (χ3n) is 2.64. The molecular formula is C15H14N2O. The molecule has 1 N–H and O–H groups in total. The van der Waals surface area contributed by atoms with Crippen LogP contribution in [0.5, 0.6) is 0 Å². The van der Waals surface area contributed by atoms with Crippen LogP contribution in [-0.2, 0) is 0 Å². The van der Waals surface area contributed by atoms with Gasteiger partial charge < -0.3 is 5.32 Å². The summed E-state index contributed by atoms with van der Waals surface area (Å²) in [5.74, 6) is 2.31. The first kappa shape index (κ1) is 12.1. The highest BCUT2D eigenvalue weighted by Gasteiger charge is 2.18. The average molecular weight is 238 g/mol. The van der Waals surface area contributed by atoms with Crippen molar-refractivity contribution in [1.82, 2.24) is 10.3 Å². The molecule has 0 fully saturated rings.